The summed E-state index contributed by atoms with van der Waals surface area (Å²) in [6.45, 7) is 1.42. The van der Waals surface area contributed by atoms with Gasteiger partial charge in [0.15, 0.2) is 0 Å². The molecule has 4 atom stereocenters. The van der Waals surface area contributed by atoms with Crippen molar-refractivity contribution in [3.8, 4) is 0 Å². The molecule has 0 aliphatic heterocycles. The van der Waals surface area contributed by atoms with E-state index in [4.69, 9.17) is 9.47 Å². The van der Waals surface area contributed by atoms with E-state index >= 15 is 0 Å². The van der Waals surface area contributed by atoms with Gasteiger partial charge < -0.3 is 9.47 Å². The Morgan fingerprint density at radius 2 is 1.50 bits per heavy atom. The number of fused-ring (bicyclic) bond motifs is 2. The minimum absolute atomic E-state index is 0.264. The quantitative estimate of drug-likeness (QED) is 0.679. The van der Waals surface area contributed by atoms with Crippen molar-refractivity contribution in [1.82, 2.24) is 0 Å². The molecule has 0 amide bonds. The molecule has 2 saturated carbocycles. The first-order valence-corrected chi connectivity index (χ1v) is 5.31. The Kier molecular flexibility index (Phi) is 2.88. The molecule has 0 aromatic heterocycles. The van der Waals surface area contributed by atoms with Gasteiger partial charge in [-0.1, -0.05) is 0 Å². The van der Waals surface area contributed by atoms with Crippen LogP contribution in [0.3, 0.4) is 0 Å². The summed E-state index contributed by atoms with van der Waals surface area (Å²) >= 11 is 0. The van der Waals surface area contributed by atoms with Crippen LogP contribution in [-0.4, -0.2) is 33.2 Å². The predicted octanol–water partition coefficient (Wildman–Crippen LogP) is 1.12. The lowest BCUT2D eigenvalue weighted by Gasteiger charge is -2.28. The highest BCUT2D eigenvalue weighted by molar-refractivity contribution is 5.88. The number of rotatable bonds is 4. The van der Waals surface area contributed by atoms with Gasteiger partial charge in [-0.2, -0.15) is 0 Å². The van der Waals surface area contributed by atoms with Crippen molar-refractivity contribution >= 4 is 5.78 Å². The summed E-state index contributed by atoms with van der Waals surface area (Å²) in [5.41, 5.74) is 0. The van der Waals surface area contributed by atoms with E-state index in [1.54, 1.807) is 14.2 Å². The number of hydrogen-bond donors (Lipinski definition) is 0. The highest BCUT2D eigenvalue weighted by atomic mass is 16.5. The van der Waals surface area contributed by atoms with Crippen molar-refractivity contribution in [3.63, 3.8) is 0 Å². The summed E-state index contributed by atoms with van der Waals surface area (Å²) in [4.78, 5) is 11.8. The highest BCUT2D eigenvalue weighted by Gasteiger charge is 2.53. The van der Waals surface area contributed by atoms with Crippen LogP contribution in [0.4, 0.5) is 0 Å². The van der Waals surface area contributed by atoms with E-state index in [9.17, 15) is 4.79 Å². The fraction of sp³-hybridized carbons (Fsp3) is 0.909. The maximum atomic E-state index is 11.8. The Morgan fingerprint density at radius 1 is 1.07 bits per heavy atom. The van der Waals surface area contributed by atoms with E-state index in [-0.39, 0.29) is 11.8 Å². The first-order chi connectivity index (χ1) is 6.79. The van der Waals surface area contributed by atoms with Crippen LogP contribution in [0.25, 0.3) is 0 Å². The monoisotopic (exact) mass is 198 g/mol. The molecule has 0 saturated heterocycles. The summed E-state index contributed by atoms with van der Waals surface area (Å²) in [7, 11) is 3.42. The standard InChI is InChI=1S/C11H18O3/c1-13-5-9-7-3-4-8(11(7)12)10(9)6-14-2/h7-10H,3-6H2,1-2H3. The minimum Gasteiger partial charge on any atom is -0.384 e. The van der Waals surface area contributed by atoms with Crippen molar-refractivity contribution in [3.05, 3.63) is 0 Å². The predicted molar refractivity (Wildman–Crippen MR) is 52.0 cm³/mol. The molecule has 0 radical (unpaired) electrons. The molecule has 3 heteroatoms. The molecule has 0 aromatic carbocycles. The van der Waals surface area contributed by atoms with Gasteiger partial charge >= 0.3 is 0 Å². The van der Waals surface area contributed by atoms with E-state index in [2.05, 4.69) is 0 Å². The van der Waals surface area contributed by atoms with Crippen LogP contribution in [0.1, 0.15) is 12.8 Å². The Morgan fingerprint density at radius 3 is 1.86 bits per heavy atom. The number of ether oxygens (including phenoxy) is 2. The van der Waals surface area contributed by atoms with Gasteiger partial charge in [0.05, 0.1) is 13.2 Å². The second-order valence-corrected chi connectivity index (χ2v) is 4.43. The Hall–Kier alpha value is -0.410. The molecule has 2 fully saturated rings. The topological polar surface area (TPSA) is 35.5 Å². The first-order valence-electron chi connectivity index (χ1n) is 5.31. The van der Waals surface area contributed by atoms with E-state index in [0.717, 1.165) is 12.8 Å². The van der Waals surface area contributed by atoms with Crippen molar-refractivity contribution in [2.45, 2.75) is 12.8 Å². The van der Waals surface area contributed by atoms with Gasteiger partial charge in [0.25, 0.3) is 0 Å². The second-order valence-electron chi connectivity index (χ2n) is 4.43. The van der Waals surface area contributed by atoms with Gasteiger partial charge in [0.2, 0.25) is 0 Å². The maximum Gasteiger partial charge on any atom is 0.139 e. The van der Waals surface area contributed by atoms with Crippen LogP contribution < -0.4 is 0 Å². The molecule has 2 bridgehead atoms. The molecule has 14 heavy (non-hydrogen) atoms. The average molecular weight is 198 g/mol. The van der Waals surface area contributed by atoms with Crippen LogP contribution in [0, 0.1) is 23.7 Å². The van der Waals surface area contributed by atoms with Crippen LogP contribution in [-0.2, 0) is 14.3 Å². The number of methoxy groups -OCH3 is 2. The average Bonchev–Trinajstić information content (AvgIpc) is 2.64. The first kappa shape index (κ1) is 10.1. The van der Waals surface area contributed by atoms with E-state index in [1.165, 1.54) is 0 Å². The molecule has 4 unspecified atom stereocenters. The van der Waals surface area contributed by atoms with E-state index in [1.807, 2.05) is 0 Å². The molecule has 0 N–H and O–H groups in total. The largest absolute Gasteiger partial charge is 0.384 e. The molecular formula is C11H18O3. The fourth-order valence-electron chi connectivity index (χ4n) is 3.23. The van der Waals surface area contributed by atoms with Crippen LogP contribution in [0.15, 0.2) is 0 Å². The van der Waals surface area contributed by atoms with Gasteiger partial charge in [0, 0.05) is 26.1 Å². The van der Waals surface area contributed by atoms with Gasteiger partial charge in [-0.05, 0) is 24.7 Å². The van der Waals surface area contributed by atoms with Crippen LogP contribution >= 0.6 is 0 Å². The lowest BCUT2D eigenvalue weighted by atomic mass is 9.80. The van der Waals surface area contributed by atoms with E-state index < -0.39 is 0 Å². The van der Waals surface area contributed by atoms with Crippen molar-refractivity contribution in [2.75, 3.05) is 27.4 Å². The molecule has 80 valence electrons. The van der Waals surface area contributed by atoms with Crippen molar-refractivity contribution in [2.24, 2.45) is 23.7 Å². The summed E-state index contributed by atoms with van der Waals surface area (Å²) < 4.78 is 10.4. The lowest BCUT2D eigenvalue weighted by Crippen LogP contribution is -2.29. The summed E-state index contributed by atoms with van der Waals surface area (Å²) in [6, 6.07) is 0. The molecule has 0 aromatic rings. The molecule has 3 nitrogen and oxygen atoms in total. The van der Waals surface area contributed by atoms with Gasteiger partial charge in [-0.3, -0.25) is 4.79 Å². The van der Waals surface area contributed by atoms with E-state index in [0.29, 0.717) is 30.8 Å². The molecule has 2 rings (SSSR count). The molecule has 2 aliphatic rings. The number of hydrogen-bond acceptors (Lipinski definition) is 3. The number of ketones is 1. The summed E-state index contributed by atoms with van der Waals surface area (Å²) in [5.74, 6) is 1.81. The van der Waals surface area contributed by atoms with Gasteiger partial charge in [0.1, 0.15) is 5.78 Å². The zero-order chi connectivity index (χ0) is 10.1. The summed E-state index contributed by atoms with van der Waals surface area (Å²) in [5, 5.41) is 0. The van der Waals surface area contributed by atoms with Gasteiger partial charge in [-0.15, -0.1) is 0 Å². The Balaban J connectivity index is 2.09. The van der Waals surface area contributed by atoms with Crippen LogP contribution in [0.2, 0.25) is 0 Å². The zero-order valence-electron chi connectivity index (χ0n) is 8.86. The Labute approximate surface area is 84.8 Å². The molecule has 2 aliphatic carbocycles. The molecule has 0 heterocycles. The zero-order valence-corrected chi connectivity index (χ0v) is 8.86. The third-order valence-corrected chi connectivity index (χ3v) is 3.82. The normalized spacial score (nSPS) is 40.9. The van der Waals surface area contributed by atoms with Crippen molar-refractivity contribution in [1.29, 1.82) is 0 Å². The summed E-state index contributed by atoms with van der Waals surface area (Å²) in [6.07, 6.45) is 2.13. The second kappa shape index (κ2) is 3.99. The smallest absolute Gasteiger partial charge is 0.139 e. The third kappa shape index (κ3) is 1.39. The van der Waals surface area contributed by atoms with Crippen molar-refractivity contribution < 1.29 is 14.3 Å². The third-order valence-electron chi connectivity index (χ3n) is 3.82. The fourth-order valence-corrected chi connectivity index (χ4v) is 3.23. The highest BCUT2D eigenvalue weighted by Crippen LogP contribution is 2.49. The number of carbonyl (C=O) groups is 1. The SMILES string of the molecule is COCC1C2CCC(C2=O)C1COC. The number of Topliss-reactive ketones (excluding diaryl/α,β-unsaturated/α-hetero) is 1. The van der Waals surface area contributed by atoms with Crippen LogP contribution in [0.5, 0.6) is 0 Å². The minimum atomic E-state index is 0.264. The maximum absolute atomic E-state index is 11.8. The van der Waals surface area contributed by atoms with Gasteiger partial charge in [-0.25, -0.2) is 0 Å². The number of carbonyl (C=O) groups excluding carboxylic acids is 1. The molecule has 0 spiro atoms. The molecular weight excluding hydrogens is 180 g/mol. The Bertz CT molecular complexity index is 205. The lowest BCUT2D eigenvalue weighted by molar-refractivity contribution is -0.122.